The lowest BCUT2D eigenvalue weighted by Gasteiger charge is -2.32. The fraction of sp³-hybridized carbons (Fsp3) is 0.520. The summed E-state index contributed by atoms with van der Waals surface area (Å²) in [5, 5.41) is 16.1. The summed E-state index contributed by atoms with van der Waals surface area (Å²) in [6, 6.07) is 8.37. The standard InChI is InChI=1S/C25H35N5O4Si/c1-30(25(33)20-13-18-19(29-20)9-6-10-22(18)34-2)21(15-35(3,4)5)24(32)28-17(14-26)12-16-8-7-11-27-23(16)31/h6,9-10,13,16-17,21,29H,7-8,11-12,15H2,1-5H3,(H,27,31)(H,28,32). The summed E-state index contributed by atoms with van der Waals surface area (Å²) in [7, 11) is 1.41. The van der Waals surface area contributed by atoms with Crippen LogP contribution in [0.3, 0.4) is 0 Å². The SMILES string of the molecule is COc1cccc2[nH]c(C(=O)N(C)C(C[Si](C)(C)C)C(=O)NC(C#N)CC3CCCNC3=O)cc12. The van der Waals surface area contributed by atoms with Crippen molar-refractivity contribution in [1.82, 2.24) is 20.5 Å². The van der Waals surface area contributed by atoms with Gasteiger partial charge >= 0.3 is 0 Å². The molecule has 188 valence electrons. The van der Waals surface area contributed by atoms with Crippen LogP contribution in [0.15, 0.2) is 24.3 Å². The van der Waals surface area contributed by atoms with E-state index in [1.165, 1.54) is 4.90 Å². The molecule has 2 aromatic rings. The van der Waals surface area contributed by atoms with Crippen LogP contribution in [0.5, 0.6) is 5.75 Å². The highest BCUT2D eigenvalue weighted by Crippen LogP contribution is 2.27. The Bertz CT molecular complexity index is 1130. The predicted octanol–water partition coefficient (Wildman–Crippen LogP) is 2.88. The molecule has 1 aliphatic heterocycles. The number of methoxy groups -OCH3 is 1. The predicted molar refractivity (Wildman–Crippen MR) is 137 cm³/mol. The fourth-order valence-corrected chi connectivity index (χ4v) is 6.11. The van der Waals surface area contributed by atoms with E-state index in [2.05, 4.69) is 41.3 Å². The van der Waals surface area contributed by atoms with Crippen LogP contribution >= 0.6 is 0 Å². The molecule has 0 bridgehead atoms. The molecular formula is C25H35N5O4Si. The van der Waals surface area contributed by atoms with E-state index in [1.807, 2.05) is 18.2 Å². The van der Waals surface area contributed by atoms with Gasteiger partial charge in [0.05, 0.1) is 13.2 Å². The first kappa shape index (κ1) is 26.3. The number of hydrogen-bond donors (Lipinski definition) is 3. The maximum Gasteiger partial charge on any atom is 0.270 e. The van der Waals surface area contributed by atoms with Crippen LogP contribution in [0, 0.1) is 17.2 Å². The maximum absolute atomic E-state index is 13.4. The minimum absolute atomic E-state index is 0.0778. The molecular weight excluding hydrogens is 462 g/mol. The number of nitriles is 1. The number of likely N-dealkylation sites (N-methyl/N-ethyl adjacent to an activating group) is 1. The molecule has 3 N–H and O–H groups in total. The quantitative estimate of drug-likeness (QED) is 0.459. The Labute approximate surface area is 207 Å². The molecule has 9 nitrogen and oxygen atoms in total. The molecule has 1 aromatic carbocycles. The number of ether oxygens (including phenoxy) is 1. The molecule has 3 unspecified atom stereocenters. The second-order valence-electron chi connectivity index (χ2n) is 10.4. The highest BCUT2D eigenvalue weighted by molar-refractivity contribution is 6.76. The molecule has 2 heterocycles. The number of carbonyl (C=O) groups is 3. The van der Waals surface area contributed by atoms with E-state index in [0.29, 0.717) is 30.5 Å². The van der Waals surface area contributed by atoms with Crippen molar-refractivity contribution in [3.05, 3.63) is 30.0 Å². The van der Waals surface area contributed by atoms with E-state index >= 15 is 0 Å². The third kappa shape index (κ3) is 6.42. The van der Waals surface area contributed by atoms with Crippen LogP contribution in [0.4, 0.5) is 0 Å². The Morgan fingerprint density at radius 1 is 1.34 bits per heavy atom. The summed E-state index contributed by atoms with van der Waals surface area (Å²) >= 11 is 0. The smallest absolute Gasteiger partial charge is 0.270 e. The number of rotatable bonds is 9. The fourth-order valence-electron chi connectivity index (χ4n) is 4.49. The van der Waals surface area contributed by atoms with Gasteiger partial charge in [0.25, 0.3) is 5.91 Å². The Morgan fingerprint density at radius 2 is 2.09 bits per heavy atom. The number of amides is 3. The van der Waals surface area contributed by atoms with Crippen molar-refractivity contribution in [2.75, 3.05) is 20.7 Å². The second-order valence-corrected chi connectivity index (χ2v) is 15.9. The molecule has 1 aliphatic rings. The number of nitrogens with one attached hydrogen (secondary N) is 3. The van der Waals surface area contributed by atoms with Crippen LogP contribution < -0.4 is 15.4 Å². The number of piperidine rings is 1. The first-order valence-corrected chi connectivity index (χ1v) is 15.7. The molecule has 3 atom stereocenters. The van der Waals surface area contributed by atoms with Crippen LogP contribution in [-0.4, -0.2) is 68.5 Å². The van der Waals surface area contributed by atoms with Crippen molar-refractivity contribution in [3.63, 3.8) is 0 Å². The van der Waals surface area contributed by atoms with Gasteiger partial charge in [-0.1, -0.05) is 25.7 Å². The summed E-state index contributed by atoms with van der Waals surface area (Å²) < 4.78 is 5.40. The van der Waals surface area contributed by atoms with Crippen LogP contribution in [0.1, 0.15) is 29.8 Å². The number of carbonyl (C=O) groups excluding carboxylic acids is 3. The Morgan fingerprint density at radius 3 is 2.71 bits per heavy atom. The molecule has 35 heavy (non-hydrogen) atoms. The summed E-state index contributed by atoms with van der Waals surface area (Å²) in [4.78, 5) is 43.5. The first-order chi connectivity index (χ1) is 16.5. The van der Waals surface area contributed by atoms with Gasteiger partial charge in [0.15, 0.2) is 0 Å². The summed E-state index contributed by atoms with van der Waals surface area (Å²) in [6.07, 6.45) is 1.81. The molecule has 10 heteroatoms. The number of hydrogen-bond acceptors (Lipinski definition) is 5. The largest absolute Gasteiger partial charge is 0.496 e. The number of aromatic nitrogens is 1. The van der Waals surface area contributed by atoms with Gasteiger partial charge < -0.3 is 25.3 Å². The van der Waals surface area contributed by atoms with Crippen molar-refractivity contribution in [2.45, 2.75) is 57.0 Å². The zero-order valence-electron chi connectivity index (χ0n) is 21.1. The van der Waals surface area contributed by atoms with E-state index in [9.17, 15) is 19.6 Å². The monoisotopic (exact) mass is 497 g/mol. The van der Waals surface area contributed by atoms with Crippen LogP contribution in [-0.2, 0) is 9.59 Å². The first-order valence-electron chi connectivity index (χ1n) is 11.9. The third-order valence-corrected chi connectivity index (χ3v) is 7.97. The minimum Gasteiger partial charge on any atom is -0.496 e. The summed E-state index contributed by atoms with van der Waals surface area (Å²) in [5.41, 5.74) is 1.12. The molecule has 1 aromatic heterocycles. The second kappa shape index (κ2) is 10.9. The van der Waals surface area contributed by atoms with Gasteiger partial charge in [-0.2, -0.15) is 5.26 Å². The molecule has 0 spiro atoms. The zero-order valence-corrected chi connectivity index (χ0v) is 22.1. The minimum atomic E-state index is -1.79. The maximum atomic E-state index is 13.4. The molecule has 0 aliphatic carbocycles. The Kier molecular flexibility index (Phi) is 8.22. The number of aromatic amines is 1. The van der Waals surface area contributed by atoms with E-state index in [0.717, 1.165) is 17.3 Å². The highest BCUT2D eigenvalue weighted by Gasteiger charge is 2.35. The third-order valence-electron chi connectivity index (χ3n) is 6.36. The number of benzene rings is 1. The summed E-state index contributed by atoms with van der Waals surface area (Å²) in [5.74, 6) is -0.419. The highest BCUT2D eigenvalue weighted by atomic mass is 28.3. The van der Waals surface area contributed by atoms with Gasteiger partial charge in [0.1, 0.15) is 23.5 Å². The van der Waals surface area contributed by atoms with Crippen molar-refractivity contribution >= 4 is 36.7 Å². The lowest BCUT2D eigenvalue weighted by atomic mass is 9.92. The number of H-pyrrole nitrogens is 1. The molecule has 1 saturated heterocycles. The van der Waals surface area contributed by atoms with Gasteiger partial charge in [0.2, 0.25) is 11.8 Å². The van der Waals surface area contributed by atoms with E-state index in [1.54, 1.807) is 20.2 Å². The van der Waals surface area contributed by atoms with Gasteiger partial charge in [-0.3, -0.25) is 14.4 Å². The molecule has 1 fully saturated rings. The number of fused-ring (bicyclic) bond motifs is 1. The molecule has 0 radical (unpaired) electrons. The van der Waals surface area contributed by atoms with E-state index in [-0.39, 0.29) is 30.1 Å². The lowest BCUT2D eigenvalue weighted by molar-refractivity contribution is -0.128. The Balaban J connectivity index is 1.80. The van der Waals surface area contributed by atoms with Crippen molar-refractivity contribution in [2.24, 2.45) is 5.92 Å². The van der Waals surface area contributed by atoms with E-state index < -0.39 is 20.2 Å². The van der Waals surface area contributed by atoms with Crippen LogP contribution in [0.2, 0.25) is 25.7 Å². The van der Waals surface area contributed by atoms with E-state index in [4.69, 9.17) is 4.74 Å². The average molecular weight is 498 g/mol. The number of nitrogens with zero attached hydrogens (tertiary/aromatic N) is 2. The van der Waals surface area contributed by atoms with Gasteiger partial charge in [0, 0.05) is 38.5 Å². The zero-order chi connectivity index (χ0) is 25.8. The van der Waals surface area contributed by atoms with Crippen molar-refractivity contribution in [1.29, 1.82) is 5.26 Å². The Hall–Kier alpha value is -3.32. The summed E-state index contributed by atoms with van der Waals surface area (Å²) in [6.45, 7) is 7.04. The van der Waals surface area contributed by atoms with Gasteiger partial charge in [-0.05, 0) is 43.5 Å². The van der Waals surface area contributed by atoms with Crippen molar-refractivity contribution in [3.8, 4) is 11.8 Å². The topological polar surface area (TPSA) is 127 Å². The molecule has 3 amide bonds. The van der Waals surface area contributed by atoms with Gasteiger partial charge in [-0.25, -0.2) is 0 Å². The van der Waals surface area contributed by atoms with Gasteiger partial charge in [-0.15, -0.1) is 0 Å². The normalized spacial score (nSPS) is 17.7. The van der Waals surface area contributed by atoms with Crippen LogP contribution in [0.25, 0.3) is 10.9 Å². The average Bonchev–Trinajstić information content (AvgIpc) is 3.26. The lowest BCUT2D eigenvalue weighted by Crippen LogP contribution is -2.53. The molecule has 3 rings (SSSR count). The van der Waals surface area contributed by atoms with Crippen molar-refractivity contribution < 1.29 is 19.1 Å². The molecule has 0 saturated carbocycles.